The Morgan fingerprint density at radius 3 is 2.58 bits per heavy atom. The summed E-state index contributed by atoms with van der Waals surface area (Å²) in [7, 11) is 0. The highest BCUT2D eigenvalue weighted by Crippen LogP contribution is 2.35. The van der Waals surface area contributed by atoms with E-state index < -0.39 is 0 Å². The molecule has 4 nitrogen and oxygen atoms in total. The van der Waals surface area contributed by atoms with Crippen molar-refractivity contribution in [3.05, 3.63) is 58.3 Å². The fourth-order valence-electron chi connectivity index (χ4n) is 2.01. The molecule has 1 aliphatic heterocycles. The van der Waals surface area contributed by atoms with E-state index in [4.69, 9.17) is 23.2 Å². The first kappa shape index (κ1) is 12.4. The average Bonchev–Trinajstić information content (AvgIpc) is 2.92. The second kappa shape index (κ2) is 5.15. The number of anilines is 1. The molecule has 2 aromatic rings. The van der Waals surface area contributed by atoms with E-state index in [1.165, 1.54) is 0 Å². The molecule has 0 radical (unpaired) electrons. The molecule has 0 fully saturated rings. The minimum absolute atomic E-state index is 0.0697. The van der Waals surface area contributed by atoms with Crippen LogP contribution in [-0.4, -0.2) is 11.5 Å². The van der Waals surface area contributed by atoms with E-state index in [1.54, 1.807) is 24.5 Å². The van der Waals surface area contributed by atoms with Gasteiger partial charge in [-0.3, -0.25) is 4.98 Å². The predicted molar refractivity (Wildman–Crippen MR) is 75.6 cm³/mol. The lowest BCUT2D eigenvalue weighted by Gasteiger charge is -2.22. The molecule has 0 amide bonds. The van der Waals surface area contributed by atoms with Gasteiger partial charge in [-0.2, -0.15) is 5.11 Å². The molecular weight excluding hydrogens is 283 g/mol. The molecule has 1 aromatic heterocycles. The first-order valence-electron chi connectivity index (χ1n) is 5.77. The van der Waals surface area contributed by atoms with E-state index in [9.17, 15) is 0 Å². The SMILES string of the molecule is Clc1ccc(N2N=NCC2c2ccncc2)cc1Cl. The summed E-state index contributed by atoms with van der Waals surface area (Å²) >= 11 is 12.0. The van der Waals surface area contributed by atoms with Gasteiger partial charge in [0.15, 0.2) is 0 Å². The summed E-state index contributed by atoms with van der Waals surface area (Å²) in [6.07, 6.45) is 3.53. The molecular formula is C13H10Cl2N4. The molecule has 96 valence electrons. The van der Waals surface area contributed by atoms with Gasteiger partial charge in [0.1, 0.15) is 6.04 Å². The van der Waals surface area contributed by atoms with Gasteiger partial charge in [0.2, 0.25) is 0 Å². The maximum absolute atomic E-state index is 6.05. The Balaban J connectivity index is 1.95. The Labute approximate surface area is 120 Å². The number of pyridine rings is 1. The molecule has 0 bridgehead atoms. The van der Waals surface area contributed by atoms with Gasteiger partial charge >= 0.3 is 0 Å². The molecule has 0 N–H and O–H groups in total. The lowest BCUT2D eigenvalue weighted by Crippen LogP contribution is -2.20. The van der Waals surface area contributed by atoms with E-state index in [0.29, 0.717) is 16.6 Å². The maximum Gasteiger partial charge on any atom is 0.101 e. The van der Waals surface area contributed by atoms with Gasteiger partial charge in [-0.1, -0.05) is 28.4 Å². The number of rotatable bonds is 2. The largest absolute Gasteiger partial charge is 0.265 e. The monoisotopic (exact) mass is 292 g/mol. The van der Waals surface area contributed by atoms with Gasteiger partial charge in [-0.25, -0.2) is 5.01 Å². The Hall–Kier alpha value is -1.65. The lowest BCUT2D eigenvalue weighted by molar-refractivity contribution is 0.731. The van der Waals surface area contributed by atoms with Crippen LogP contribution in [0.5, 0.6) is 0 Å². The molecule has 19 heavy (non-hydrogen) atoms. The third kappa shape index (κ3) is 2.41. The Morgan fingerprint density at radius 2 is 1.84 bits per heavy atom. The summed E-state index contributed by atoms with van der Waals surface area (Å²) < 4.78 is 0. The molecule has 1 unspecified atom stereocenters. The van der Waals surface area contributed by atoms with E-state index in [-0.39, 0.29) is 6.04 Å². The first-order valence-corrected chi connectivity index (χ1v) is 6.53. The minimum atomic E-state index is 0.0697. The Kier molecular flexibility index (Phi) is 3.36. The third-order valence-electron chi connectivity index (χ3n) is 2.97. The van der Waals surface area contributed by atoms with Crippen LogP contribution in [0.3, 0.4) is 0 Å². The smallest absolute Gasteiger partial charge is 0.101 e. The van der Waals surface area contributed by atoms with Crippen molar-refractivity contribution in [3.63, 3.8) is 0 Å². The fraction of sp³-hybridized carbons (Fsp3) is 0.154. The number of hydrogen-bond acceptors (Lipinski definition) is 4. The minimum Gasteiger partial charge on any atom is -0.265 e. The fourth-order valence-corrected chi connectivity index (χ4v) is 2.31. The standard InChI is InChI=1S/C13H10Cl2N4/c14-11-2-1-10(7-12(11)15)19-13(8-17-18-19)9-3-5-16-6-4-9/h1-7,13H,8H2. The molecule has 1 aromatic carbocycles. The van der Waals surface area contributed by atoms with Gasteiger partial charge in [0, 0.05) is 12.4 Å². The topological polar surface area (TPSA) is 40.9 Å². The van der Waals surface area contributed by atoms with Crippen molar-refractivity contribution >= 4 is 28.9 Å². The van der Waals surface area contributed by atoms with E-state index in [1.807, 2.05) is 23.2 Å². The van der Waals surface area contributed by atoms with E-state index >= 15 is 0 Å². The van der Waals surface area contributed by atoms with Crippen LogP contribution in [0.1, 0.15) is 11.6 Å². The van der Waals surface area contributed by atoms with Crippen LogP contribution >= 0.6 is 23.2 Å². The molecule has 1 atom stereocenters. The van der Waals surface area contributed by atoms with Crippen LogP contribution in [0.25, 0.3) is 0 Å². The molecule has 0 spiro atoms. The first-order chi connectivity index (χ1) is 9.25. The molecule has 2 heterocycles. The van der Waals surface area contributed by atoms with Crippen LogP contribution in [0.4, 0.5) is 5.69 Å². The van der Waals surface area contributed by atoms with Crippen LogP contribution in [0.15, 0.2) is 53.1 Å². The van der Waals surface area contributed by atoms with Crippen molar-refractivity contribution in [1.29, 1.82) is 0 Å². The Bertz CT molecular complexity index is 615. The Morgan fingerprint density at radius 1 is 1.05 bits per heavy atom. The van der Waals surface area contributed by atoms with Gasteiger partial charge < -0.3 is 0 Å². The summed E-state index contributed by atoms with van der Waals surface area (Å²) in [5, 5.41) is 11.2. The average molecular weight is 293 g/mol. The highest BCUT2D eigenvalue weighted by atomic mass is 35.5. The molecule has 0 saturated carbocycles. The predicted octanol–water partition coefficient (Wildman–Crippen LogP) is 4.32. The second-order valence-corrected chi connectivity index (χ2v) is 4.97. The number of aromatic nitrogens is 1. The molecule has 0 saturated heterocycles. The van der Waals surface area contributed by atoms with Crippen molar-refractivity contribution in [3.8, 4) is 0 Å². The number of benzene rings is 1. The zero-order valence-corrected chi connectivity index (χ0v) is 11.4. The zero-order valence-electron chi connectivity index (χ0n) is 9.87. The number of nitrogens with zero attached hydrogens (tertiary/aromatic N) is 4. The van der Waals surface area contributed by atoms with E-state index in [0.717, 1.165) is 11.3 Å². The normalized spacial score (nSPS) is 18.0. The van der Waals surface area contributed by atoms with E-state index in [2.05, 4.69) is 15.3 Å². The highest BCUT2D eigenvalue weighted by Gasteiger charge is 2.25. The van der Waals surface area contributed by atoms with Gasteiger partial charge in [0.25, 0.3) is 0 Å². The number of hydrogen-bond donors (Lipinski definition) is 0. The van der Waals surface area contributed by atoms with Crippen molar-refractivity contribution in [2.24, 2.45) is 10.3 Å². The third-order valence-corrected chi connectivity index (χ3v) is 3.71. The van der Waals surface area contributed by atoms with Crippen molar-refractivity contribution in [1.82, 2.24) is 4.98 Å². The molecule has 3 rings (SSSR count). The van der Waals surface area contributed by atoms with Gasteiger partial charge in [-0.05, 0) is 35.9 Å². The lowest BCUT2D eigenvalue weighted by atomic mass is 10.1. The van der Waals surface area contributed by atoms with Gasteiger partial charge in [-0.15, -0.1) is 0 Å². The van der Waals surface area contributed by atoms with Crippen molar-refractivity contribution < 1.29 is 0 Å². The summed E-state index contributed by atoms with van der Waals surface area (Å²) in [5.41, 5.74) is 1.99. The maximum atomic E-state index is 6.05. The summed E-state index contributed by atoms with van der Waals surface area (Å²) in [6, 6.07) is 9.43. The second-order valence-electron chi connectivity index (χ2n) is 4.15. The van der Waals surface area contributed by atoms with Crippen molar-refractivity contribution in [2.75, 3.05) is 11.6 Å². The van der Waals surface area contributed by atoms with Gasteiger partial charge in [0.05, 0.1) is 22.3 Å². The molecule has 0 aliphatic carbocycles. The molecule has 6 heteroatoms. The highest BCUT2D eigenvalue weighted by molar-refractivity contribution is 6.42. The molecule has 1 aliphatic rings. The summed E-state index contributed by atoms with van der Waals surface area (Å²) in [4.78, 5) is 4.02. The van der Waals surface area contributed by atoms with Crippen LogP contribution in [0.2, 0.25) is 10.0 Å². The number of halogens is 2. The van der Waals surface area contributed by atoms with Crippen LogP contribution in [-0.2, 0) is 0 Å². The van der Waals surface area contributed by atoms with Crippen LogP contribution in [0, 0.1) is 0 Å². The zero-order chi connectivity index (χ0) is 13.2. The quantitative estimate of drug-likeness (QED) is 0.827. The summed E-state index contributed by atoms with van der Waals surface area (Å²) in [6.45, 7) is 0.615. The van der Waals surface area contributed by atoms with Crippen LogP contribution < -0.4 is 5.01 Å². The summed E-state index contributed by atoms with van der Waals surface area (Å²) in [5.74, 6) is 0. The van der Waals surface area contributed by atoms with Crippen molar-refractivity contribution in [2.45, 2.75) is 6.04 Å².